The number of hydrogen-bond acceptors (Lipinski definition) is 2. The summed E-state index contributed by atoms with van der Waals surface area (Å²) in [6, 6.07) is 0.666. The van der Waals surface area contributed by atoms with Crippen LogP contribution in [0.25, 0.3) is 0 Å². The number of piperidine rings is 1. The predicted molar refractivity (Wildman–Crippen MR) is 67.2 cm³/mol. The van der Waals surface area contributed by atoms with Gasteiger partial charge in [-0.3, -0.25) is 0 Å². The molecule has 1 saturated heterocycles. The molecule has 2 nitrogen and oxygen atoms in total. The normalized spacial score (nSPS) is 22.6. The van der Waals surface area contributed by atoms with Crippen LogP contribution in [0.5, 0.6) is 0 Å². The lowest BCUT2D eigenvalue weighted by Crippen LogP contribution is -2.40. The molecule has 1 aliphatic rings. The first-order chi connectivity index (χ1) is 7.24. The third kappa shape index (κ3) is 4.98. The summed E-state index contributed by atoms with van der Waals surface area (Å²) >= 11 is 0. The summed E-state index contributed by atoms with van der Waals surface area (Å²) in [6.07, 6.45) is 5.52. The summed E-state index contributed by atoms with van der Waals surface area (Å²) in [5.74, 6) is 0.798. The molecule has 2 atom stereocenters. The van der Waals surface area contributed by atoms with Crippen LogP contribution in [0, 0.1) is 5.92 Å². The van der Waals surface area contributed by atoms with Crippen molar-refractivity contribution in [3.8, 4) is 0 Å². The van der Waals surface area contributed by atoms with Gasteiger partial charge in [0.15, 0.2) is 0 Å². The minimum Gasteiger partial charge on any atom is -0.313 e. The van der Waals surface area contributed by atoms with E-state index >= 15 is 0 Å². The highest BCUT2D eigenvalue weighted by Crippen LogP contribution is 2.08. The van der Waals surface area contributed by atoms with E-state index in [1.807, 2.05) is 0 Å². The van der Waals surface area contributed by atoms with E-state index in [9.17, 15) is 0 Å². The Hall–Kier alpha value is -0.0800. The maximum Gasteiger partial charge on any atom is 0.0107 e. The predicted octanol–water partition coefficient (Wildman–Crippen LogP) is 2.50. The van der Waals surface area contributed by atoms with Gasteiger partial charge in [0.25, 0.3) is 0 Å². The lowest BCUT2D eigenvalue weighted by Gasteiger charge is -2.28. The Morgan fingerprint density at radius 1 is 1.13 bits per heavy atom. The van der Waals surface area contributed by atoms with Gasteiger partial charge in [-0.2, -0.15) is 0 Å². The second-order valence-electron chi connectivity index (χ2n) is 5.03. The van der Waals surface area contributed by atoms with Gasteiger partial charge in [0.1, 0.15) is 0 Å². The third-order valence-corrected chi connectivity index (χ3v) is 3.84. The summed E-state index contributed by atoms with van der Waals surface area (Å²) < 4.78 is 0. The highest BCUT2D eigenvalue weighted by atomic mass is 15.1. The van der Waals surface area contributed by atoms with Gasteiger partial charge in [-0.05, 0) is 38.8 Å². The minimum atomic E-state index is 0.666. The van der Waals surface area contributed by atoms with Crippen molar-refractivity contribution in [2.24, 2.45) is 5.92 Å². The van der Waals surface area contributed by atoms with E-state index in [4.69, 9.17) is 0 Å². The van der Waals surface area contributed by atoms with Crippen molar-refractivity contribution in [3.05, 3.63) is 0 Å². The zero-order chi connectivity index (χ0) is 11.1. The van der Waals surface area contributed by atoms with E-state index in [1.165, 1.54) is 45.3 Å². The fourth-order valence-electron chi connectivity index (χ4n) is 2.19. The Bertz CT molecular complexity index is 151. The SMILES string of the molecule is CC[C@H](C)[C@H](C)NCCN1CCCCC1. The molecular formula is C13H28N2. The molecule has 0 aromatic carbocycles. The molecule has 1 fully saturated rings. The molecular weight excluding hydrogens is 184 g/mol. The number of likely N-dealkylation sites (tertiary alicyclic amines) is 1. The average molecular weight is 212 g/mol. The maximum atomic E-state index is 3.64. The smallest absolute Gasteiger partial charge is 0.0107 e. The van der Waals surface area contributed by atoms with E-state index in [2.05, 4.69) is 31.0 Å². The first kappa shape index (κ1) is 13.0. The maximum absolute atomic E-state index is 3.64. The molecule has 90 valence electrons. The molecule has 1 N–H and O–H groups in total. The molecule has 1 aliphatic heterocycles. The largest absolute Gasteiger partial charge is 0.313 e. The third-order valence-electron chi connectivity index (χ3n) is 3.84. The number of rotatable bonds is 6. The molecule has 1 rings (SSSR count). The molecule has 0 spiro atoms. The second kappa shape index (κ2) is 7.24. The number of hydrogen-bond donors (Lipinski definition) is 1. The van der Waals surface area contributed by atoms with Crippen molar-refractivity contribution in [1.29, 1.82) is 0 Å². The van der Waals surface area contributed by atoms with Crippen LogP contribution >= 0.6 is 0 Å². The second-order valence-corrected chi connectivity index (χ2v) is 5.03. The first-order valence-corrected chi connectivity index (χ1v) is 6.69. The Balaban J connectivity index is 2.04. The minimum absolute atomic E-state index is 0.666. The van der Waals surface area contributed by atoms with Gasteiger partial charge in [-0.25, -0.2) is 0 Å². The van der Waals surface area contributed by atoms with Crippen LogP contribution < -0.4 is 5.32 Å². The average Bonchev–Trinajstić information content (AvgIpc) is 2.29. The van der Waals surface area contributed by atoms with Crippen molar-refractivity contribution in [3.63, 3.8) is 0 Å². The van der Waals surface area contributed by atoms with Crippen molar-refractivity contribution >= 4 is 0 Å². The van der Waals surface area contributed by atoms with Crippen molar-refractivity contribution in [2.75, 3.05) is 26.2 Å². The topological polar surface area (TPSA) is 15.3 Å². The van der Waals surface area contributed by atoms with Crippen LogP contribution in [-0.2, 0) is 0 Å². The van der Waals surface area contributed by atoms with E-state index in [1.54, 1.807) is 0 Å². The molecule has 0 aromatic heterocycles. The number of nitrogens with zero attached hydrogens (tertiary/aromatic N) is 1. The fraction of sp³-hybridized carbons (Fsp3) is 1.00. The lowest BCUT2D eigenvalue weighted by molar-refractivity contribution is 0.223. The summed E-state index contributed by atoms with van der Waals surface area (Å²) in [4.78, 5) is 2.60. The molecule has 1 heterocycles. The van der Waals surface area contributed by atoms with E-state index in [0.29, 0.717) is 6.04 Å². The number of nitrogens with one attached hydrogen (secondary N) is 1. The van der Waals surface area contributed by atoms with Crippen molar-refractivity contribution < 1.29 is 0 Å². The van der Waals surface area contributed by atoms with Crippen molar-refractivity contribution in [2.45, 2.75) is 52.5 Å². The van der Waals surface area contributed by atoms with Crippen LogP contribution in [0.2, 0.25) is 0 Å². The molecule has 0 saturated carbocycles. The summed E-state index contributed by atoms with van der Waals surface area (Å²) in [6.45, 7) is 11.9. The van der Waals surface area contributed by atoms with Gasteiger partial charge in [0, 0.05) is 19.1 Å². The van der Waals surface area contributed by atoms with Gasteiger partial charge in [-0.1, -0.05) is 26.7 Å². The van der Waals surface area contributed by atoms with Crippen LogP contribution in [0.15, 0.2) is 0 Å². The van der Waals surface area contributed by atoms with Gasteiger partial charge in [0.05, 0.1) is 0 Å². The quantitative estimate of drug-likeness (QED) is 0.728. The lowest BCUT2D eigenvalue weighted by atomic mass is 10.0. The standard InChI is InChI=1S/C13H28N2/c1-4-12(2)13(3)14-8-11-15-9-6-5-7-10-15/h12-14H,4-11H2,1-3H3/t12-,13-/m0/s1. The van der Waals surface area contributed by atoms with E-state index < -0.39 is 0 Å². The Labute approximate surface area is 95.4 Å². The molecule has 0 unspecified atom stereocenters. The zero-order valence-corrected chi connectivity index (χ0v) is 10.8. The van der Waals surface area contributed by atoms with E-state index in [0.717, 1.165) is 12.5 Å². The zero-order valence-electron chi connectivity index (χ0n) is 10.8. The van der Waals surface area contributed by atoms with Crippen LogP contribution in [0.4, 0.5) is 0 Å². The molecule has 2 heteroatoms. The van der Waals surface area contributed by atoms with Gasteiger partial charge in [0.2, 0.25) is 0 Å². The first-order valence-electron chi connectivity index (χ1n) is 6.69. The van der Waals surface area contributed by atoms with Crippen LogP contribution in [0.1, 0.15) is 46.5 Å². The highest BCUT2D eigenvalue weighted by Gasteiger charge is 2.11. The molecule has 0 radical (unpaired) electrons. The highest BCUT2D eigenvalue weighted by molar-refractivity contribution is 4.70. The Morgan fingerprint density at radius 2 is 1.80 bits per heavy atom. The van der Waals surface area contributed by atoms with Crippen LogP contribution in [-0.4, -0.2) is 37.1 Å². The van der Waals surface area contributed by atoms with E-state index in [-0.39, 0.29) is 0 Å². The van der Waals surface area contributed by atoms with Crippen LogP contribution in [0.3, 0.4) is 0 Å². The molecule has 0 aromatic rings. The van der Waals surface area contributed by atoms with Gasteiger partial charge in [-0.15, -0.1) is 0 Å². The monoisotopic (exact) mass is 212 g/mol. The summed E-state index contributed by atoms with van der Waals surface area (Å²) in [5, 5.41) is 3.64. The summed E-state index contributed by atoms with van der Waals surface area (Å²) in [5.41, 5.74) is 0. The Kier molecular flexibility index (Phi) is 6.26. The van der Waals surface area contributed by atoms with Gasteiger partial charge < -0.3 is 10.2 Å². The molecule has 0 bridgehead atoms. The fourth-order valence-corrected chi connectivity index (χ4v) is 2.19. The van der Waals surface area contributed by atoms with Crippen molar-refractivity contribution in [1.82, 2.24) is 10.2 Å². The molecule has 0 aliphatic carbocycles. The Morgan fingerprint density at radius 3 is 2.40 bits per heavy atom. The molecule has 15 heavy (non-hydrogen) atoms. The molecule has 0 amide bonds. The summed E-state index contributed by atoms with van der Waals surface area (Å²) in [7, 11) is 0. The van der Waals surface area contributed by atoms with Gasteiger partial charge >= 0.3 is 0 Å².